The van der Waals surface area contributed by atoms with E-state index in [2.05, 4.69) is 21.0 Å². The maximum absolute atomic E-state index is 5.47. The van der Waals surface area contributed by atoms with Crippen molar-refractivity contribution < 1.29 is 4.52 Å². The maximum atomic E-state index is 5.47. The van der Waals surface area contributed by atoms with Gasteiger partial charge in [-0.15, -0.1) is 0 Å². The van der Waals surface area contributed by atoms with Crippen LogP contribution in [0.4, 0.5) is 0 Å². The van der Waals surface area contributed by atoms with Crippen LogP contribution in [0.15, 0.2) is 52.0 Å². The van der Waals surface area contributed by atoms with Crippen LogP contribution in [0.25, 0.3) is 16.4 Å². The summed E-state index contributed by atoms with van der Waals surface area (Å²) in [7, 11) is 0. The highest BCUT2D eigenvalue weighted by Crippen LogP contribution is 2.22. The number of hydrogen-bond acceptors (Lipinski definition) is 2. The maximum Gasteiger partial charge on any atom is 0.219 e. The van der Waals surface area contributed by atoms with E-state index in [0.717, 1.165) is 25.8 Å². The van der Waals surface area contributed by atoms with Gasteiger partial charge in [0.2, 0.25) is 11.7 Å². The molecule has 0 N–H and O–H groups in total. The zero-order valence-electron chi connectivity index (χ0n) is 8.22. The lowest BCUT2D eigenvalue weighted by Crippen LogP contribution is -2.26. The topological polar surface area (TPSA) is 17.0 Å². The van der Waals surface area contributed by atoms with E-state index in [1.807, 2.05) is 47.1 Å². The summed E-state index contributed by atoms with van der Waals surface area (Å²) in [6, 6.07) is 11.8. The van der Waals surface area contributed by atoms with Crippen LogP contribution in [0.5, 0.6) is 0 Å². The minimum absolute atomic E-state index is 0.840. The first kappa shape index (κ1) is 9.93. The Morgan fingerprint density at radius 3 is 2.94 bits per heavy atom. The van der Waals surface area contributed by atoms with Crippen molar-refractivity contribution in [3.63, 3.8) is 0 Å². The lowest BCUT2D eigenvalue weighted by atomic mass is 10.2. The highest BCUT2D eigenvalue weighted by atomic mass is 79.9. The highest BCUT2D eigenvalue weighted by molar-refractivity contribution is 9.10. The number of pyridine rings is 1. The van der Waals surface area contributed by atoms with Gasteiger partial charge in [-0.3, -0.25) is 0 Å². The summed E-state index contributed by atoms with van der Waals surface area (Å²) >= 11 is 8.92. The first-order valence-corrected chi connectivity index (χ1v) is 6.03. The van der Waals surface area contributed by atoms with Gasteiger partial charge in [-0.1, -0.05) is 25.3 Å². The molecule has 78 valence electrons. The summed E-state index contributed by atoms with van der Waals surface area (Å²) in [5.41, 5.74) is 1.88. The van der Waals surface area contributed by atoms with Gasteiger partial charge in [-0.05, 0) is 29.7 Å². The summed E-state index contributed by atoms with van der Waals surface area (Å²) in [5.74, 6) is 0. The minimum Gasteiger partial charge on any atom is -0.773 e. The fraction of sp³-hybridized carbons (Fsp3) is 0. The zero-order chi connectivity index (χ0) is 11.1. The normalized spacial score (nSPS) is 11.1. The van der Waals surface area contributed by atoms with Crippen molar-refractivity contribution in [3.8, 4) is 0 Å². The van der Waals surface area contributed by atoms with Gasteiger partial charge in [0.05, 0.1) is 0 Å². The molecule has 4 heteroatoms. The minimum atomic E-state index is 0.840. The molecule has 2 aromatic heterocycles. The van der Waals surface area contributed by atoms with Crippen LogP contribution in [0.3, 0.4) is 0 Å². The Labute approximate surface area is 106 Å². The molecule has 0 saturated carbocycles. The van der Waals surface area contributed by atoms with Gasteiger partial charge >= 0.3 is 0 Å². The lowest BCUT2D eigenvalue weighted by Gasteiger charge is -2.08. The highest BCUT2D eigenvalue weighted by Gasteiger charge is 2.07. The van der Waals surface area contributed by atoms with Gasteiger partial charge in [-0.25, -0.2) is 0 Å². The van der Waals surface area contributed by atoms with Crippen LogP contribution < -0.4 is 4.52 Å². The molecule has 0 amide bonds. The Bertz CT molecular complexity index is 697. The van der Waals surface area contributed by atoms with Gasteiger partial charge in [0.1, 0.15) is 5.52 Å². The van der Waals surface area contributed by atoms with Crippen molar-refractivity contribution in [2.45, 2.75) is 4.90 Å². The first-order chi connectivity index (χ1) is 7.75. The zero-order valence-corrected chi connectivity index (χ0v) is 10.6. The fourth-order valence-electron chi connectivity index (χ4n) is 1.73. The van der Waals surface area contributed by atoms with Gasteiger partial charge in [0.15, 0.2) is 0 Å². The Hall–Kier alpha value is -1.26. The summed E-state index contributed by atoms with van der Waals surface area (Å²) in [6.07, 6.45) is 1.91. The second-order valence-electron chi connectivity index (χ2n) is 3.52. The summed E-state index contributed by atoms with van der Waals surface area (Å²) in [4.78, 5) is 0.840. The van der Waals surface area contributed by atoms with Gasteiger partial charge < -0.3 is 12.6 Å². The lowest BCUT2D eigenvalue weighted by molar-refractivity contribution is -0.579. The largest absolute Gasteiger partial charge is 0.773 e. The van der Waals surface area contributed by atoms with Gasteiger partial charge in [0.25, 0.3) is 0 Å². The molecular formula is C12H7BrN2S. The van der Waals surface area contributed by atoms with E-state index in [4.69, 9.17) is 12.6 Å². The van der Waals surface area contributed by atoms with E-state index in [0.29, 0.717) is 0 Å². The summed E-state index contributed by atoms with van der Waals surface area (Å²) in [5, 5.41) is 5.52. The van der Waals surface area contributed by atoms with Crippen LogP contribution in [0, 0.1) is 0 Å². The van der Waals surface area contributed by atoms with E-state index < -0.39 is 0 Å². The Morgan fingerprint density at radius 1 is 1.19 bits per heavy atom. The molecule has 0 radical (unpaired) electrons. The van der Waals surface area contributed by atoms with E-state index in [-0.39, 0.29) is 0 Å². The SMILES string of the molecule is [S-]c1c2cc(Br)ccc2n[n+]2ccccc12. The van der Waals surface area contributed by atoms with Crippen molar-refractivity contribution in [2.75, 3.05) is 0 Å². The summed E-state index contributed by atoms with van der Waals surface area (Å²) in [6.45, 7) is 0. The average molecular weight is 291 g/mol. The van der Waals surface area contributed by atoms with Crippen LogP contribution in [-0.4, -0.2) is 5.10 Å². The molecule has 0 aliphatic carbocycles. The average Bonchev–Trinajstić information content (AvgIpc) is 2.31. The number of aromatic nitrogens is 2. The molecule has 1 aromatic carbocycles. The molecule has 0 fully saturated rings. The molecule has 0 aliphatic rings. The standard InChI is InChI=1S/C12H7BrN2S/c13-8-4-5-10-9(7-8)12(16)11-3-1-2-6-15(11)14-10/h1-7H. The molecule has 0 atom stereocenters. The van der Waals surface area contributed by atoms with Crippen LogP contribution in [0.2, 0.25) is 0 Å². The molecule has 0 saturated heterocycles. The van der Waals surface area contributed by atoms with Gasteiger partial charge in [0, 0.05) is 21.7 Å². The molecule has 16 heavy (non-hydrogen) atoms. The second-order valence-corrected chi connectivity index (χ2v) is 4.84. The molecule has 3 aromatic rings. The van der Waals surface area contributed by atoms with Crippen LogP contribution >= 0.6 is 15.9 Å². The fourth-order valence-corrected chi connectivity index (χ4v) is 2.42. The molecular weight excluding hydrogens is 284 g/mol. The number of benzene rings is 1. The predicted octanol–water partition coefficient (Wildman–Crippen LogP) is 2.64. The molecule has 2 heterocycles. The van der Waals surface area contributed by atoms with E-state index >= 15 is 0 Å². The number of nitrogens with zero attached hydrogens (tertiary/aromatic N) is 2. The van der Waals surface area contributed by atoms with E-state index in [1.165, 1.54) is 0 Å². The number of fused-ring (bicyclic) bond motifs is 2. The second kappa shape index (κ2) is 3.64. The van der Waals surface area contributed by atoms with Crippen molar-refractivity contribution >= 4 is 45.0 Å². The third kappa shape index (κ3) is 1.45. The Kier molecular flexibility index (Phi) is 2.26. The van der Waals surface area contributed by atoms with Crippen molar-refractivity contribution in [1.82, 2.24) is 5.10 Å². The first-order valence-electron chi connectivity index (χ1n) is 4.83. The molecule has 3 rings (SSSR count). The third-order valence-corrected chi connectivity index (χ3v) is 3.41. The Balaban J connectivity index is 2.56. The van der Waals surface area contributed by atoms with Crippen molar-refractivity contribution in [2.24, 2.45) is 0 Å². The molecule has 0 bridgehead atoms. The van der Waals surface area contributed by atoms with Gasteiger partial charge in [-0.2, -0.15) is 0 Å². The Morgan fingerprint density at radius 2 is 2.06 bits per heavy atom. The van der Waals surface area contributed by atoms with Crippen LogP contribution in [-0.2, 0) is 12.6 Å². The molecule has 0 aliphatic heterocycles. The van der Waals surface area contributed by atoms with Crippen molar-refractivity contribution in [1.29, 1.82) is 0 Å². The number of halogens is 1. The summed E-state index contributed by atoms with van der Waals surface area (Å²) < 4.78 is 2.84. The molecule has 0 unspecified atom stereocenters. The van der Waals surface area contributed by atoms with E-state index in [1.54, 1.807) is 0 Å². The van der Waals surface area contributed by atoms with Crippen LogP contribution in [0.1, 0.15) is 0 Å². The predicted molar refractivity (Wildman–Crippen MR) is 68.2 cm³/mol. The number of rotatable bonds is 0. The number of hydrogen-bond donors (Lipinski definition) is 0. The molecule has 2 nitrogen and oxygen atoms in total. The molecule has 0 spiro atoms. The third-order valence-electron chi connectivity index (χ3n) is 2.49. The van der Waals surface area contributed by atoms with E-state index in [9.17, 15) is 0 Å². The smallest absolute Gasteiger partial charge is 0.219 e. The van der Waals surface area contributed by atoms with Crippen molar-refractivity contribution in [3.05, 3.63) is 47.1 Å². The quantitative estimate of drug-likeness (QED) is 0.360. The monoisotopic (exact) mass is 290 g/mol.